The van der Waals surface area contributed by atoms with Crippen LogP contribution in [0.3, 0.4) is 0 Å². The Bertz CT molecular complexity index is 734. The van der Waals surface area contributed by atoms with Gasteiger partial charge in [0.15, 0.2) is 0 Å². The summed E-state index contributed by atoms with van der Waals surface area (Å²) in [7, 11) is 0. The summed E-state index contributed by atoms with van der Waals surface area (Å²) in [6.45, 7) is 0.699. The normalized spacial score (nSPS) is 22.8. The average Bonchev–Trinajstić information content (AvgIpc) is 3.04. The summed E-state index contributed by atoms with van der Waals surface area (Å²) in [5, 5.41) is 8.76. The van der Waals surface area contributed by atoms with E-state index in [1.165, 1.54) is 5.39 Å². The molecule has 0 bridgehead atoms. The first-order valence-corrected chi connectivity index (χ1v) is 9.24. The third-order valence-corrected chi connectivity index (χ3v) is 5.46. The van der Waals surface area contributed by atoms with Gasteiger partial charge < -0.3 is 10.1 Å². The van der Waals surface area contributed by atoms with Crippen molar-refractivity contribution in [3.8, 4) is 5.75 Å². The van der Waals surface area contributed by atoms with E-state index in [2.05, 4.69) is 34.9 Å². The molecule has 0 aromatic heterocycles. The van der Waals surface area contributed by atoms with Crippen molar-refractivity contribution in [3.63, 3.8) is 0 Å². The predicted octanol–water partition coefficient (Wildman–Crippen LogP) is 3.25. The molecule has 2 aromatic rings. The summed E-state index contributed by atoms with van der Waals surface area (Å²) in [5.41, 5.74) is 1.10. The number of benzene rings is 2. The van der Waals surface area contributed by atoms with E-state index in [1.54, 1.807) is 11.8 Å². The van der Waals surface area contributed by atoms with Gasteiger partial charge in [0.05, 0.1) is 18.7 Å². The van der Waals surface area contributed by atoms with E-state index in [-0.39, 0.29) is 30.4 Å². The lowest BCUT2D eigenvalue weighted by atomic mass is 9.97. The predicted molar refractivity (Wildman–Crippen MR) is 101 cm³/mol. The number of carbonyl (C=O) groups is 1. The van der Waals surface area contributed by atoms with Crippen LogP contribution in [0.15, 0.2) is 36.4 Å². The zero-order chi connectivity index (χ0) is 15.6. The number of halogens is 1. The maximum absolute atomic E-state index is 12.5. The fraction of sp³-hybridized carbons (Fsp3) is 0.389. The highest BCUT2D eigenvalue weighted by Crippen LogP contribution is 2.37. The van der Waals surface area contributed by atoms with Crippen LogP contribution in [0.25, 0.3) is 10.8 Å². The van der Waals surface area contributed by atoms with Gasteiger partial charge in [0.25, 0.3) is 0 Å². The molecule has 2 unspecified atom stereocenters. The third-order valence-electron chi connectivity index (χ3n) is 4.52. The maximum atomic E-state index is 12.5. The van der Waals surface area contributed by atoms with Crippen molar-refractivity contribution in [2.45, 2.75) is 24.9 Å². The molecule has 2 aromatic carbocycles. The Hall–Kier alpha value is -1.43. The average molecular weight is 365 g/mol. The Balaban J connectivity index is 0.00000169. The second kappa shape index (κ2) is 7.64. The fourth-order valence-corrected chi connectivity index (χ4v) is 4.24. The Labute approximate surface area is 152 Å². The molecule has 0 aliphatic carbocycles. The number of hydrogen-bond donors (Lipinski definition) is 2. The summed E-state index contributed by atoms with van der Waals surface area (Å²) in [6, 6.07) is 12.4. The van der Waals surface area contributed by atoms with Crippen LogP contribution >= 0.6 is 24.2 Å². The first kappa shape index (κ1) is 17.4. The molecule has 6 heteroatoms. The van der Waals surface area contributed by atoms with E-state index < -0.39 is 0 Å². The summed E-state index contributed by atoms with van der Waals surface area (Å²) in [5.74, 6) is 2.73. The molecule has 0 radical (unpaired) electrons. The standard InChI is InChI=1S/C18H20N2O2S.ClH/c21-18(16-10-23-11-19-16)20-15-6-3-9-22-17-13-5-2-1-4-12(13)7-8-14(15)17;/h1-2,4-5,7-8,15-16,19H,3,6,9-11H2,(H,20,21);1H. The van der Waals surface area contributed by atoms with E-state index >= 15 is 0 Å². The molecule has 2 aliphatic heterocycles. The third kappa shape index (κ3) is 3.34. The first-order valence-electron chi connectivity index (χ1n) is 8.09. The largest absolute Gasteiger partial charge is 0.493 e. The number of carbonyl (C=O) groups excluding carboxylic acids is 1. The lowest BCUT2D eigenvalue weighted by Gasteiger charge is -2.21. The van der Waals surface area contributed by atoms with E-state index in [4.69, 9.17) is 4.74 Å². The molecule has 2 atom stereocenters. The number of nitrogens with one attached hydrogen (secondary N) is 2. The smallest absolute Gasteiger partial charge is 0.238 e. The lowest BCUT2D eigenvalue weighted by Crippen LogP contribution is -2.43. The maximum Gasteiger partial charge on any atom is 0.238 e. The van der Waals surface area contributed by atoms with Crippen molar-refractivity contribution in [1.29, 1.82) is 0 Å². The number of amides is 1. The van der Waals surface area contributed by atoms with E-state index in [1.807, 2.05) is 12.1 Å². The fourth-order valence-electron chi connectivity index (χ4n) is 3.30. The zero-order valence-electron chi connectivity index (χ0n) is 13.3. The van der Waals surface area contributed by atoms with Crippen LogP contribution in [0.1, 0.15) is 24.4 Å². The Morgan fingerprint density at radius 2 is 2.12 bits per heavy atom. The van der Waals surface area contributed by atoms with Gasteiger partial charge in [-0.1, -0.05) is 36.4 Å². The van der Waals surface area contributed by atoms with Crippen molar-refractivity contribution in [1.82, 2.24) is 10.6 Å². The second-order valence-electron chi connectivity index (χ2n) is 6.03. The Morgan fingerprint density at radius 1 is 1.25 bits per heavy atom. The van der Waals surface area contributed by atoms with Crippen LogP contribution in [-0.4, -0.2) is 30.2 Å². The Morgan fingerprint density at radius 3 is 2.96 bits per heavy atom. The first-order chi connectivity index (χ1) is 11.3. The van der Waals surface area contributed by atoms with Gasteiger partial charge in [-0.3, -0.25) is 10.1 Å². The minimum atomic E-state index is -0.0759. The van der Waals surface area contributed by atoms with Crippen molar-refractivity contribution in [3.05, 3.63) is 42.0 Å². The van der Waals surface area contributed by atoms with Crippen LogP contribution in [0.2, 0.25) is 0 Å². The van der Waals surface area contributed by atoms with E-state index in [0.717, 1.165) is 41.2 Å². The molecular formula is C18H21ClN2O2S. The van der Waals surface area contributed by atoms with Crippen molar-refractivity contribution in [2.75, 3.05) is 18.2 Å². The number of rotatable bonds is 2. The summed E-state index contributed by atoms with van der Waals surface area (Å²) >= 11 is 1.77. The molecule has 2 N–H and O–H groups in total. The number of fused-ring (bicyclic) bond motifs is 3. The van der Waals surface area contributed by atoms with Crippen LogP contribution in [-0.2, 0) is 4.79 Å². The summed E-state index contributed by atoms with van der Waals surface area (Å²) in [4.78, 5) is 12.5. The van der Waals surface area contributed by atoms with Gasteiger partial charge in [0.1, 0.15) is 5.75 Å². The molecule has 2 aliphatic rings. The highest BCUT2D eigenvalue weighted by molar-refractivity contribution is 7.99. The van der Waals surface area contributed by atoms with Crippen LogP contribution in [0.4, 0.5) is 0 Å². The highest BCUT2D eigenvalue weighted by Gasteiger charge is 2.28. The van der Waals surface area contributed by atoms with Crippen LogP contribution < -0.4 is 15.4 Å². The van der Waals surface area contributed by atoms with Gasteiger partial charge in [-0.2, -0.15) is 0 Å². The van der Waals surface area contributed by atoms with Gasteiger partial charge in [-0.05, 0) is 18.2 Å². The number of thioether (sulfide) groups is 1. The highest BCUT2D eigenvalue weighted by atomic mass is 35.5. The SMILES string of the molecule is Cl.O=C(NC1CCCOc2c1ccc1ccccc21)C1CSCN1. The van der Waals surface area contributed by atoms with E-state index in [9.17, 15) is 4.79 Å². The molecule has 128 valence electrons. The minimum Gasteiger partial charge on any atom is -0.493 e. The molecule has 1 amide bonds. The molecule has 2 heterocycles. The minimum absolute atomic E-state index is 0. The molecule has 1 fully saturated rings. The van der Waals surface area contributed by atoms with E-state index in [0.29, 0.717) is 6.61 Å². The molecule has 24 heavy (non-hydrogen) atoms. The molecule has 1 saturated heterocycles. The van der Waals surface area contributed by atoms with Gasteiger partial charge in [-0.25, -0.2) is 0 Å². The summed E-state index contributed by atoms with van der Waals surface area (Å²) in [6.07, 6.45) is 1.86. The van der Waals surface area contributed by atoms with Crippen molar-refractivity contribution < 1.29 is 9.53 Å². The van der Waals surface area contributed by atoms with Crippen LogP contribution in [0, 0.1) is 0 Å². The number of ether oxygens (including phenoxy) is 1. The monoisotopic (exact) mass is 364 g/mol. The molecule has 0 spiro atoms. The Kier molecular flexibility index (Phi) is 5.54. The second-order valence-corrected chi connectivity index (χ2v) is 7.06. The van der Waals surface area contributed by atoms with Crippen molar-refractivity contribution >= 4 is 40.8 Å². The molecule has 4 nitrogen and oxygen atoms in total. The van der Waals surface area contributed by atoms with Gasteiger partial charge in [0, 0.05) is 22.6 Å². The topological polar surface area (TPSA) is 50.4 Å². The molecule has 4 rings (SSSR count). The van der Waals surface area contributed by atoms with Crippen molar-refractivity contribution in [2.24, 2.45) is 0 Å². The number of hydrogen-bond acceptors (Lipinski definition) is 4. The van der Waals surface area contributed by atoms with Gasteiger partial charge >= 0.3 is 0 Å². The summed E-state index contributed by atoms with van der Waals surface area (Å²) < 4.78 is 6.03. The van der Waals surface area contributed by atoms with Crippen LogP contribution in [0.5, 0.6) is 5.75 Å². The zero-order valence-corrected chi connectivity index (χ0v) is 14.9. The van der Waals surface area contributed by atoms with Gasteiger partial charge in [-0.15, -0.1) is 24.2 Å². The molecule has 0 saturated carbocycles. The quantitative estimate of drug-likeness (QED) is 0.858. The lowest BCUT2D eigenvalue weighted by molar-refractivity contribution is -0.123. The molecular weight excluding hydrogens is 344 g/mol. The van der Waals surface area contributed by atoms with Gasteiger partial charge in [0.2, 0.25) is 5.91 Å².